The largest absolute Gasteiger partial charge is 0.425 e. The van der Waals surface area contributed by atoms with E-state index >= 15 is 0 Å². The highest BCUT2D eigenvalue weighted by atomic mass is 35.5. The molecule has 0 spiro atoms. The van der Waals surface area contributed by atoms with Crippen molar-refractivity contribution in [1.29, 1.82) is 0 Å². The van der Waals surface area contributed by atoms with Gasteiger partial charge in [-0.05, 0) is 24.3 Å². The lowest BCUT2D eigenvalue weighted by Crippen LogP contribution is -2.28. The van der Waals surface area contributed by atoms with E-state index in [1.165, 1.54) is 12.1 Å². The molecule has 2 N–H and O–H groups in total. The van der Waals surface area contributed by atoms with Crippen LogP contribution in [0.15, 0.2) is 24.3 Å². The first-order valence-corrected chi connectivity index (χ1v) is 4.27. The molecule has 0 aliphatic heterocycles. The van der Waals surface area contributed by atoms with E-state index in [1.807, 2.05) is 0 Å². The first kappa shape index (κ1) is 11.0. The molecule has 0 heterocycles. The van der Waals surface area contributed by atoms with Crippen LogP contribution in [-0.2, 0) is 4.79 Å². The molecule has 0 saturated carbocycles. The zero-order valence-corrected chi connectivity index (χ0v) is 7.94. The maximum absolute atomic E-state index is 11.0. The molecule has 14 heavy (non-hydrogen) atoms. The van der Waals surface area contributed by atoms with Crippen LogP contribution in [0.3, 0.4) is 0 Å². The van der Waals surface area contributed by atoms with Gasteiger partial charge < -0.3 is 14.9 Å². The molecule has 1 unspecified atom stereocenters. The summed E-state index contributed by atoms with van der Waals surface area (Å²) in [5.74, 6) is -0.623. The number of hydrogen-bond donors (Lipinski definition) is 2. The zero-order valence-electron chi connectivity index (χ0n) is 7.18. The van der Waals surface area contributed by atoms with Crippen molar-refractivity contribution in [2.45, 2.75) is 6.10 Å². The number of carbonyl (C=O) groups is 1. The Kier molecular flexibility index (Phi) is 3.88. The van der Waals surface area contributed by atoms with E-state index in [9.17, 15) is 4.79 Å². The summed E-state index contributed by atoms with van der Waals surface area (Å²) in [6.45, 7) is -0.660. The quantitative estimate of drug-likeness (QED) is 0.574. The average Bonchev–Trinajstić information content (AvgIpc) is 2.20. The highest BCUT2D eigenvalue weighted by molar-refractivity contribution is 6.30. The third-order valence-corrected chi connectivity index (χ3v) is 1.73. The van der Waals surface area contributed by atoms with Gasteiger partial charge in [0.15, 0.2) is 6.10 Å². The summed E-state index contributed by atoms with van der Waals surface area (Å²) >= 11 is 5.61. The van der Waals surface area contributed by atoms with E-state index < -0.39 is 18.7 Å². The first-order valence-electron chi connectivity index (χ1n) is 3.89. The molecule has 0 radical (unpaired) electrons. The van der Waals surface area contributed by atoms with Crippen LogP contribution in [0.25, 0.3) is 0 Å². The van der Waals surface area contributed by atoms with Gasteiger partial charge in [-0.25, -0.2) is 4.79 Å². The van der Waals surface area contributed by atoms with Crippen molar-refractivity contribution in [1.82, 2.24) is 0 Å². The van der Waals surface area contributed by atoms with Crippen molar-refractivity contribution in [3.05, 3.63) is 29.3 Å². The lowest BCUT2D eigenvalue weighted by atomic mass is 10.3. The molecular weight excluding hydrogens is 208 g/mol. The first-order chi connectivity index (χ1) is 6.63. The third-order valence-electron chi connectivity index (χ3n) is 1.48. The van der Waals surface area contributed by atoms with Crippen LogP contribution < -0.4 is 4.74 Å². The molecule has 0 bridgehead atoms. The lowest BCUT2D eigenvalue weighted by Gasteiger charge is -2.07. The molecule has 0 aromatic heterocycles. The van der Waals surface area contributed by atoms with Gasteiger partial charge in [0.25, 0.3) is 0 Å². The molecule has 0 amide bonds. The van der Waals surface area contributed by atoms with Crippen LogP contribution in [0, 0.1) is 0 Å². The van der Waals surface area contributed by atoms with Crippen LogP contribution >= 0.6 is 11.6 Å². The molecule has 76 valence electrons. The van der Waals surface area contributed by atoms with Gasteiger partial charge in [0.05, 0.1) is 6.61 Å². The monoisotopic (exact) mass is 216 g/mol. The number of carbonyl (C=O) groups excluding carboxylic acids is 1. The smallest absolute Gasteiger partial charge is 0.342 e. The van der Waals surface area contributed by atoms with Crippen molar-refractivity contribution in [3.63, 3.8) is 0 Å². The predicted octanol–water partition coefficient (Wildman–Crippen LogP) is 0.599. The summed E-state index contributed by atoms with van der Waals surface area (Å²) in [5.41, 5.74) is 0. The van der Waals surface area contributed by atoms with Gasteiger partial charge in [0.1, 0.15) is 5.75 Å². The van der Waals surface area contributed by atoms with Crippen molar-refractivity contribution in [2.75, 3.05) is 6.61 Å². The molecule has 0 fully saturated rings. The van der Waals surface area contributed by atoms with Crippen molar-refractivity contribution >= 4 is 17.6 Å². The van der Waals surface area contributed by atoms with Crippen LogP contribution in [0.1, 0.15) is 0 Å². The Hall–Kier alpha value is -1.10. The summed E-state index contributed by atoms with van der Waals surface area (Å²) in [4.78, 5) is 11.0. The fourth-order valence-electron chi connectivity index (χ4n) is 0.761. The summed E-state index contributed by atoms with van der Waals surface area (Å²) in [6.07, 6.45) is -1.51. The molecule has 0 saturated heterocycles. The second-order valence-electron chi connectivity index (χ2n) is 2.57. The molecule has 0 aliphatic rings. The van der Waals surface area contributed by atoms with E-state index in [-0.39, 0.29) is 5.75 Å². The molecule has 0 aliphatic carbocycles. The topological polar surface area (TPSA) is 66.8 Å². The minimum Gasteiger partial charge on any atom is -0.425 e. The van der Waals surface area contributed by atoms with Gasteiger partial charge in [0.2, 0.25) is 0 Å². The van der Waals surface area contributed by atoms with E-state index in [1.54, 1.807) is 12.1 Å². The van der Waals surface area contributed by atoms with E-state index in [2.05, 4.69) is 0 Å². The standard InChI is InChI=1S/C9H9ClO4/c10-6-1-3-7(4-2-6)14-9(13)8(12)5-11/h1-4,8,11-12H,5H2. The number of benzene rings is 1. The van der Waals surface area contributed by atoms with Crippen LogP contribution in [0.4, 0.5) is 0 Å². The summed E-state index contributed by atoms with van der Waals surface area (Å²) < 4.78 is 4.71. The number of aliphatic hydroxyl groups excluding tert-OH is 2. The van der Waals surface area contributed by atoms with Gasteiger partial charge in [0, 0.05) is 5.02 Å². The predicted molar refractivity (Wildman–Crippen MR) is 50.2 cm³/mol. The van der Waals surface area contributed by atoms with E-state index in [0.29, 0.717) is 5.02 Å². The molecular formula is C9H9ClO4. The molecule has 4 nitrogen and oxygen atoms in total. The van der Waals surface area contributed by atoms with Gasteiger partial charge in [-0.15, -0.1) is 0 Å². The Labute approximate surface area is 85.7 Å². The van der Waals surface area contributed by atoms with Crippen molar-refractivity contribution in [3.8, 4) is 5.75 Å². The minimum atomic E-state index is -1.51. The van der Waals surface area contributed by atoms with Gasteiger partial charge in [-0.3, -0.25) is 0 Å². The van der Waals surface area contributed by atoms with Crippen molar-refractivity contribution in [2.24, 2.45) is 0 Å². The Morgan fingerprint density at radius 1 is 1.43 bits per heavy atom. The average molecular weight is 217 g/mol. The zero-order chi connectivity index (χ0) is 10.6. The number of rotatable bonds is 3. The molecule has 1 rings (SSSR count). The van der Waals surface area contributed by atoms with Gasteiger partial charge >= 0.3 is 5.97 Å². The SMILES string of the molecule is O=C(Oc1ccc(Cl)cc1)C(O)CO. The van der Waals surface area contributed by atoms with Crippen LogP contribution in [0.5, 0.6) is 5.75 Å². The normalized spacial score (nSPS) is 12.2. The second-order valence-corrected chi connectivity index (χ2v) is 3.01. The van der Waals surface area contributed by atoms with E-state index in [4.69, 9.17) is 26.6 Å². The van der Waals surface area contributed by atoms with Gasteiger partial charge in [-0.2, -0.15) is 0 Å². The van der Waals surface area contributed by atoms with Gasteiger partial charge in [-0.1, -0.05) is 11.6 Å². The minimum absolute atomic E-state index is 0.270. The van der Waals surface area contributed by atoms with E-state index in [0.717, 1.165) is 0 Å². The summed E-state index contributed by atoms with van der Waals surface area (Å²) in [6, 6.07) is 6.08. The van der Waals surface area contributed by atoms with Crippen LogP contribution in [-0.4, -0.2) is 28.9 Å². The summed E-state index contributed by atoms with van der Waals surface area (Å²) in [7, 11) is 0. The summed E-state index contributed by atoms with van der Waals surface area (Å²) in [5, 5.41) is 17.9. The molecule has 5 heteroatoms. The number of ether oxygens (including phenoxy) is 1. The maximum Gasteiger partial charge on any atom is 0.342 e. The number of hydrogen-bond acceptors (Lipinski definition) is 4. The highest BCUT2D eigenvalue weighted by Crippen LogP contribution is 2.15. The Bertz CT molecular complexity index is 309. The highest BCUT2D eigenvalue weighted by Gasteiger charge is 2.15. The second kappa shape index (κ2) is 4.95. The van der Waals surface area contributed by atoms with Crippen molar-refractivity contribution < 1.29 is 19.7 Å². The molecule has 1 atom stereocenters. The Balaban J connectivity index is 2.60. The Morgan fingerprint density at radius 3 is 2.50 bits per heavy atom. The third kappa shape index (κ3) is 2.99. The Morgan fingerprint density at radius 2 is 2.00 bits per heavy atom. The number of aliphatic hydroxyl groups is 2. The fourth-order valence-corrected chi connectivity index (χ4v) is 0.887. The number of halogens is 1. The molecule has 1 aromatic rings. The van der Waals surface area contributed by atoms with Crippen LogP contribution in [0.2, 0.25) is 5.02 Å². The maximum atomic E-state index is 11.0. The molecule has 1 aromatic carbocycles. The fraction of sp³-hybridized carbons (Fsp3) is 0.222. The number of esters is 1. The lowest BCUT2D eigenvalue weighted by molar-refractivity contribution is -0.145.